The summed E-state index contributed by atoms with van der Waals surface area (Å²) in [5.41, 5.74) is 2.49. The highest BCUT2D eigenvalue weighted by Crippen LogP contribution is 2.52. The van der Waals surface area contributed by atoms with Crippen LogP contribution in [0.15, 0.2) is 0 Å². The van der Waals surface area contributed by atoms with Gasteiger partial charge in [0.05, 0.1) is 18.0 Å². The zero-order valence-electron chi connectivity index (χ0n) is 12.5. The van der Waals surface area contributed by atoms with E-state index >= 15 is 0 Å². The van der Waals surface area contributed by atoms with Gasteiger partial charge in [-0.3, -0.25) is 4.79 Å². The minimum Gasteiger partial charge on any atom is -0.466 e. The summed E-state index contributed by atoms with van der Waals surface area (Å²) in [6.07, 6.45) is 4.39. The van der Waals surface area contributed by atoms with Crippen LogP contribution in [0.2, 0.25) is 0 Å². The summed E-state index contributed by atoms with van der Waals surface area (Å²) in [5, 5.41) is 8.66. The van der Waals surface area contributed by atoms with E-state index in [1.807, 2.05) is 0 Å². The van der Waals surface area contributed by atoms with Crippen LogP contribution in [0.3, 0.4) is 0 Å². The fourth-order valence-corrected chi connectivity index (χ4v) is 3.66. The summed E-state index contributed by atoms with van der Waals surface area (Å²) >= 11 is 0. The Morgan fingerprint density at radius 1 is 1.35 bits per heavy atom. The zero-order valence-corrected chi connectivity index (χ0v) is 12.5. The standard InChI is InChI=1S/C15H23N3O2/c1-9(2)18-15-7-5-12-11(4-6-14(15)16-17-18)13(12)8-20-10(3)19/h9,11-13H,4-8H2,1-3H3/t11-,12+,13-/m0/s1. The molecule has 0 spiro atoms. The Morgan fingerprint density at radius 2 is 2.05 bits per heavy atom. The van der Waals surface area contributed by atoms with Gasteiger partial charge in [-0.05, 0) is 57.3 Å². The Morgan fingerprint density at radius 3 is 2.70 bits per heavy atom. The molecule has 1 aromatic rings. The molecule has 2 aliphatic rings. The number of hydrogen-bond donors (Lipinski definition) is 0. The molecular weight excluding hydrogens is 254 g/mol. The predicted molar refractivity (Wildman–Crippen MR) is 74.2 cm³/mol. The summed E-state index contributed by atoms with van der Waals surface area (Å²) in [4.78, 5) is 10.9. The maximum Gasteiger partial charge on any atom is 0.302 e. The minimum atomic E-state index is -0.162. The molecule has 2 aliphatic carbocycles. The first-order valence-electron chi connectivity index (χ1n) is 7.64. The van der Waals surface area contributed by atoms with E-state index in [4.69, 9.17) is 4.74 Å². The highest BCUT2D eigenvalue weighted by molar-refractivity contribution is 5.65. The van der Waals surface area contributed by atoms with Gasteiger partial charge in [-0.1, -0.05) is 5.21 Å². The monoisotopic (exact) mass is 277 g/mol. The van der Waals surface area contributed by atoms with Gasteiger partial charge in [-0.15, -0.1) is 5.10 Å². The molecule has 0 unspecified atom stereocenters. The van der Waals surface area contributed by atoms with Crippen molar-refractivity contribution in [2.45, 2.75) is 52.5 Å². The summed E-state index contributed by atoms with van der Waals surface area (Å²) in [6.45, 7) is 6.39. The predicted octanol–water partition coefficient (Wildman–Crippen LogP) is 2.16. The molecule has 0 saturated heterocycles. The number of rotatable bonds is 3. The topological polar surface area (TPSA) is 57.0 Å². The average molecular weight is 277 g/mol. The normalized spacial score (nSPS) is 28.3. The van der Waals surface area contributed by atoms with Gasteiger partial charge in [0.1, 0.15) is 0 Å². The number of aryl methyl sites for hydroxylation is 1. The van der Waals surface area contributed by atoms with Crippen LogP contribution in [0.1, 0.15) is 51.0 Å². The maximum atomic E-state index is 10.9. The van der Waals surface area contributed by atoms with E-state index in [0.717, 1.165) is 25.2 Å². The smallest absolute Gasteiger partial charge is 0.302 e. The van der Waals surface area contributed by atoms with Crippen molar-refractivity contribution in [3.63, 3.8) is 0 Å². The number of carbonyl (C=O) groups excluding carboxylic acids is 1. The molecule has 0 aliphatic heterocycles. The molecule has 0 aromatic carbocycles. The van der Waals surface area contributed by atoms with E-state index in [1.54, 1.807) is 0 Å². The molecule has 1 saturated carbocycles. The van der Waals surface area contributed by atoms with Crippen LogP contribution in [0.4, 0.5) is 0 Å². The summed E-state index contributed by atoms with van der Waals surface area (Å²) in [7, 11) is 0. The second-order valence-corrected chi connectivity index (χ2v) is 6.39. The van der Waals surface area contributed by atoms with Gasteiger partial charge < -0.3 is 4.74 Å². The number of hydrogen-bond acceptors (Lipinski definition) is 4. The van der Waals surface area contributed by atoms with Gasteiger partial charge in [0.2, 0.25) is 0 Å². The first-order chi connectivity index (χ1) is 9.58. The molecule has 3 atom stereocenters. The minimum absolute atomic E-state index is 0.162. The molecule has 3 rings (SSSR count). The number of carbonyl (C=O) groups is 1. The molecule has 5 nitrogen and oxygen atoms in total. The van der Waals surface area contributed by atoms with Gasteiger partial charge in [0, 0.05) is 13.0 Å². The van der Waals surface area contributed by atoms with Crippen LogP contribution in [-0.4, -0.2) is 27.6 Å². The fraction of sp³-hybridized carbons (Fsp3) is 0.800. The lowest BCUT2D eigenvalue weighted by atomic mass is 10.0. The molecule has 1 heterocycles. The first-order valence-corrected chi connectivity index (χ1v) is 7.64. The Kier molecular flexibility index (Phi) is 3.52. The lowest BCUT2D eigenvalue weighted by molar-refractivity contribution is -0.141. The van der Waals surface area contributed by atoms with Crippen molar-refractivity contribution in [1.29, 1.82) is 0 Å². The van der Waals surface area contributed by atoms with Gasteiger partial charge >= 0.3 is 5.97 Å². The SMILES string of the molecule is CC(=O)OC[C@@H]1[C@@H]2CCc3c(nnn3C(C)C)CC[C@@H]21. The number of nitrogens with zero attached hydrogens (tertiary/aromatic N) is 3. The molecule has 110 valence electrons. The number of ether oxygens (including phenoxy) is 1. The number of fused-ring (bicyclic) bond motifs is 2. The molecule has 1 aromatic heterocycles. The van der Waals surface area contributed by atoms with Gasteiger partial charge in [0.15, 0.2) is 0 Å². The Hall–Kier alpha value is -1.39. The van der Waals surface area contributed by atoms with Gasteiger partial charge in [0.25, 0.3) is 0 Å². The highest BCUT2D eigenvalue weighted by atomic mass is 16.5. The Labute approximate surface area is 119 Å². The van der Waals surface area contributed by atoms with Crippen molar-refractivity contribution >= 4 is 5.97 Å². The van der Waals surface area contributed by atoms with Crippen LogP contribution in [-0.2, 0) is 22.4 Å². The Balaban J connectivity index is 1.66. The zero-order chi connectivity index (χ0) is 14.3. The van der Waals surface area contributed by atoms with E-state index in [9.17, 15) is 4.79 Å². The quantitative estimate of drug-likeness (QED) is 0.794. The molecule has 0 amide bonds. The number of aromatic nitrogens is 3. The van der Waals surface area contributed by atoms with E-state index in [2.05, 4.69) is 28.8 Å². The van der Waals surface area contributed by atoms with Crippen LogP contribution >= 0.6 is 0 Å². The van der Waals surface area contributed by atoms with Crippen LogP contribution < -0.4 is 0 Å². The lowest BCUT2D eigenvalue weighted by Crippen LogP contribution is -2.10. The van der Waals surface area contributed by atoms with Crippen molar-refractivity contribution in [3.05, 3.63) is 11.4 Å². The molecular formula is C15H23N3O2. The first kappa shape index (κ1) is 13.6. The molecule has 1 fully saturated rings. The lowest BCUT2D eigenvalue weighted by Gasteiger charge is -2.12. The summed E-state index contributed by atoms with van der Waals surface area (Å²) in [5.74, 6) is 1.85. The van der Waals surface area contributed by atoms with Crippen molar-refractivity contribution in [1.82, 2.24) is 15.0 Å². The van der Waals surface area contributed by atoms with E-state index in [1.165, 1.54) is 24.7 Å². The third-order valence-electron chi connectivity index (χ3n) is 4.78. The third kappa shape index (κ3) is 2.45. The molecule has 0 radical (unpaired) electrons. The maximum absolute atomic E-state index is 10.9. The van der Waals surface area contributed by atoms with Crippen molar-refractivity contribution < 1.29 is 9.53 Å². The molecule has 0 bridgehead atoms. The van der Waals surface area contributed by atoms with Crippen molar-refractivity contribution in [2.75, 3.05) is 6.61 Å². The number of esters is 1. The molecule has 5 heteroatoms. The van der Waals surface area contributed by atoms with E-state index in [0.29, 0.717) is 24.5 Å². The van der Waals surface area contributed by atoms with Crippen LogP contribution in [0, 0.1) is 17.8 Å². The van der Waals surface area contributed by atoms with E-state index in [-0.39, 0.29) is 5.97 Å². The van der Waals surface area contributed by atoms with E-state index < -0.39 is 0 Å². The third-order valence-corrected chi connectivity index (χ3v) is 4.78. The second kappa shape index (κ2) is 5.19. The Bertz CT molecular complexity index is 509. The van der Waals surface area contributed by atoms with Gasteiger partial charge in [-0.25, -0.2) is 4.68 Å². The summed E-state index contributed by atoms with van der Waals surface area (Å²) < 4.78 is 7.26. The highest BCUT2D eigenvalue weighted by Gasteiger charge is 2.50. The van der Waals surface area contributed by atoms with Crippen LogP contribution in [0.25, 0.3) is 0 Å². The fourth-order valence-electron chi connectivity index (χ4n) is 3.66. The van der Waals surface area contributed by atoms with Crippen molar-refractivity contribution in [3.8, 4) is 0 Å². The second-order valence-electron chi connectivity index (χ2n) is 6.39. The van der Waals surface area contributed by atoms with Gasteiger partial charge in [-0.2, -0.15) is 0 Å². The largest absolute Gasteiger partial charge is 0.466 e. The molecule has 0 N–H and O–H groups in total. The molecule has 20 heavy (non-hydrogen) atoms. The average Bonchev–Trinajstić information content (AvgIpc) is 2.85. The summed E-state index contributed by atoms with van der Waals surface area (Å²) in [6, 6.07) is 0.373. The van der Waals surface area contributed by atoms with Crippen molar-refractivity contribution in [2.24, 2.45) is 17.8 Å². The van der Waals surface area contributed by atoms with Crippen LogP contribution in [0.5, 0.6) is 0 Å².